The molecule has 0 spiro atoms. The van der Waals surface area contributed by atoms with Crippen molar-refractivity contribution in [1.82, 2.24) is 20.1 Å². The summed E-state index contributed by atoms with van der Waals surface area (Å²) in [6.07, 6.45) is 0. The van der Waals surface area contributed by atoms with Crippen molar-refractivity contribution in [1.29, 1.82) is 0 Å². The molecule has 0 saturated carbocycles. The minimum Gasteiger partial charge on any atom is -0.342 e. The number of carbonyl (C=O) groups is 2. The van der Waals surface area contributed by atoms with Crippen molar-refractivity contribution < 1.29 is 14.5 Å². The van der Waals surface area contributed by atoms with Gasteiger partial charge < -0.3 is 15.2 Å². The number of nitro groups is 1. The van der Waals surface area contributed by atoms with Crippen molar-refractivity contribution in [3.8, 4) is 0 Å². The van der Waals surface area contributed by atoms with Crippen LogP contribution in [0.4, 0.5) is 11.4 Å². The van der Waals surface area contributed by atoms with Crippen molar-refractivity contribution in [2.45, 2.75) is 32.0 Å². The molecule has 0 aliphatic heterocycles. The van der Waals surface area contributed by atoms with Crippen LogP contribution in [-0.4, -0.2) is 37.3 Å². The quantitative estimate of drug-likeness (QED) is 0.269. The topological polar surface area (TPSA) is 132 Å². The largest absolute Gasteiger partial charge is 0.342 e. The highest BCUT2D eigenvalue weighted by molar-refractivity contribution is 7.99. The van der Waals surface area contributed by atoms with Gasteiger partial charge in [-0.3, -0.25) is 19.7 Å². The number of para-hydroxylation sites is 2. The van der Waals surface area contributed by atoms with Gasteiger partial charge >= 0.3 is 0 Å². The van der Waals surface area contributed by atoms with E-state index in [4.69, 9.17) is 0 Å². The van der Waals surface area contributed by atoms with Crippen LogP contribution in [0, 0.1) is 23.0 Å². The summed E-state index contributed by atoms with van der Waals surface area (Å²) in [5, 5.41) is 25.6. The lowest BCUT2D eigenvalue weighted by molar-refractivity contribution is -0.383. The molecule has 0 aliphatic carbocycles. The van der Waals surface area contributed by atoms with Gasteiger partial charge in [0.15, 0.2) is 11.0 Å². The van der Waals surface area contributed by atoms with E-state index in [2.05, 4.69) is 20.8 Å². The lowest BCUT2D eigenvalue weighted by Gasteiger charge is -2.21. The Kier molecular flexibility index (Phi) is 8.00. The van der Waals surface area contributed by atoms with Crippen molar-refractivity contribution in [2.24, 2.45) is 13.0 Å². The van der Waals surface area contributed by atoms with Gasteiger partial charge in [-0.25, -0.2) is 0 Å². The molecule has 34 heavy (non-hydrogen) atoms. The number of aromatic nitrogens is 3. The lowest BCUT2D eigenvalue weighted by atomic mass is 10.0. The zero-order chi connectivity index (χ0) is 24.8. The second-order valence-corrected chi connectivity index (χ2v) is 9.02. The van der Waals surface area contributed by atoms with Gasteiger partial charge in [0.2, 0.25) is 5.91 Å². The molecule has 0 unspecified atom stereocenters. The van der Waals surface area contributed by atoms with Gasteiger partial charge in [0.1, 0.15) is 5.69 Å². The normalized spacial score (nSPS) is 11.8. The molecule has 0 aliphatic rings. The van der Waals surface area contributed by atoms with Crippen LogP contribution in [0.2, 0.25) is 0 Å². The predicted molar refractivity (Wildman–Crippen MR) is 130 cm³/mol. The number of rotatable bonds is 9. The fraction of sp³-hybridized carbons (Fsp3) is 0.304. The van der Waals surface area contributed by atoms with Gasteiger partial charge in [-0.2, -0.15) is 0 Å². The summed E-state index contributed by atoms with van der Waals surface area (Å²) in [7, 11) is 1.77. The number of nitrogens with one attached hydrogen (secondary N) is 2. The molecule has 2 aromatic carbocycles. The monoisotopic (exact) mass is 482 g/mol. The van der Waals surface area contributed by atoms with E-state index in [0.29, 0.717) is 16.5 Å². The van der Waals surface area contributed by atoms with Crippen molar-refractivity contribution >= 4 is 35.0 Å². The molecule has 11 heteroatoms. The Morgan fingerprint density at radius 1 is 1.15 bits per heavy atom. The maximum atomic E-state index is 12.8. The van der Waals surface area contributed by atoms with Crippen LogP contribution in [0.3, 0.4) is 0 Å². The minimum atomic E-state index is -0.547. The second-order valence-electron chi connectivity index (χ2n) is 8.08. The summed E-state index contributed by atoms with van der Waals surface area (Å²) in [4.78, 5) is 35.8. The number of hydrogen-bond acceptors (Lipinski definition) is 7. The van der Waals surface area contributed by atoms with Gasteiger partial charge in [0.05, 0.1) is 16.7 Å². The maximum Gasteiger partial charge on any atom is 0.292 e. The van der Waals surface area contributed by atoms with Crippen molar-refractivity contribution in [3.05, 3.63) is 75.6 Å². The molecule has 2 amide bonds. The molecule has 0 radical (unpaired) electrons. The molecule has 0 fully saturated rings. The molecule has 0 bridgehead atoms. The summed E-state index contributed by atoms with van der Waals surface area (Å²) >= 11 is 1.15. The summed E-state index contributed by atoms with van der Waals surface area (Å²) in [6, 6.07) is 12.9. The average Bonchev–Trinajstić information content (AvgIpc) is 3.15. The van der Waals surface area contributed by atoms with Crippen LogP contribution in [-0.2, 0) is 11.8 Å². The second kappa shape index (κ2) is 10.9. The Labute approximate surface area is 201 Å². The third kappa shape index (κ3) is 5.98. The summed E-state index contributed by atoms with van der Waals surface area (Å²) in [6.45, 7) is 5.88. The number of amides is 2. The van der Waals surface area contributed by atoms with E-state index in [1.54, 1.807) is 23.7 Å². The van der Waals surface area contributed by atoms with Crippen molar-refractivity contribution in [2.75, 3.05) is 11.1 Å². The van der Waals surface area contributed by atoms with E-state index < -0.39 is 10.8 Å². The number of anilines is 1. The number of hydrogen-bond donors (Lipinski definition) is 2. The first-order valence-corrected chi connectivity index (χ1v) is 11.6. The summed E-state index contributed by atoms with van der Waals surface area (Å²) in [5.74, 6) is -0.0190. The SMILES string of the molecule is Cc1cccc(C(=O)N[C@H](c2nnc(SCC(=O)Nc3ccccc3[N+](=O)[O-])n2C)C(C)C)c1. The highest BCUT2D eigenvalue weighted by Crippen LogP contribution is 2.26. The Balaban J connectivity index is 1.68. The molecule has 1 heterocycles. The van der Waals surface area contributed by atoms with Crippen LogP contribution in [0.1, 0.15) is 41.6 Å². The zero-order valence-corrected chi connectivity index (χ0v) is 20.1. The van der Waals surface area contributed by atoms with Crippen LogP contribution in [0.5, 0.6) is 0 Å². The standard InChI is InChI=1S/C23H26N6O4S/c1-14(2)20(25-22(31)16-9-7-8-15(3)12-16)21-26-27-23(28(21)4)34-13-19(30)24-17-10-5-6-11-18(17)29(32)33/h5-12,14,20H,13H2,1-4H3,(H,24,30)(H,25,31)/t20-/m0/s1. The van der Waals surface area contributed by atoms with Crippen LogP contribution < -0.4 is 10.6 Å². The van der Waals surface area contributed by atoms with Gasteiger partial charge in [0.25, 0.3) is 11.6 Å². The molecule has 178 valence electrons. The van der Waals surface area contributed by atoms with Crippen molar-refractivity contribution in [3.63, 3.8) is 0 Å². The Hall–Kier alpha value is -3.73. The molecule has 0 saturated heterocycles. The van der Waals surface area contributed by atoms with Crippen LogP contribution in [0.15, 0.2) is 53.7 Å². The first kappa shape index (κ1) is 24.9. The van der Waals surface area contributed by atoms with E-state index in [9.17, 15) is 19.7 Å². The van der Waals surface area contributed by atoms with Gasteiger partial charge in [-0.1, -0.05) is 55.4 Å². The molecule has 3 aromatic rings. The number of carbonyl (C=O) groups excluding carboxylic acids is 2. The fourth-order valence-electron chi connectivity index (χ4n) is 3.32. The van der Waals surface area contributed by atoms with E-state index in [0.717, 1.165) is 17.3 Å². The highest BCUT2D eigenvalue weighted by Gasteiger charge is 2.25. The summed E-state index contributed by atoms with van der Waals surface area (Å²) in [5.41, 5.74) is 1.51. The fourth-order valence-corrected chi connectivity index (χ4v) is 4.04. The molecule has 10 nitrogen and oxygen atoms in total. The number of nitrogens with zero attached hydrogens (tertiary/aromatic N) is 4. The zero-order valence-electron chi connectivity index (χ0n) is 19.3. The highest BCUT2D eigenvalue weighted by atomic mass is 32.2. The molecule has 1 aromatic heterocycles. The lowest BCUT2D eigenvalue weighted by Crippen LogP contribution is -2.33. The van der Waals surface area contributed by atoms with Crippen LogP contribution in [0.25, 0.3) is 0 Å². The molecular weight excluding hydrogens is 456 g/mol. The minimum absolute atomic E-state index is 0.0139. The number of nitro benzene ring substituents is 1. The number of benzene rings is 2. The molecular formula is C23H26N6O4S. The number of aryl methyl sites for hydroxylation is 1. The van der Waals surface area contributed by atoms with Gasteiger partial charge in [-0.15, -0.1) is 10.2 Å². The number of thioether (sulfide) groups is 1. The van der Waals surface area contributed by atoms with E-state index >= 15 is 0 Å². The van der Waals surface area contributed by atoms with E-state index in [-0.39, 0.29) is 35.0 Å². The third-order valence-corrected chi connectivity index (χ3v) is 6.11. The smallest absolute Gasteiger partial charge is 0.292 e. The Morgan fingerprint density at radius 3 is 2.56 bits per heavy atom. The first-order chi connectivity index (χ1) is 16.2. The predicted octanol–water partition coefficient (Wildman–Crippen LogP) is 3.89. The third-order valence-electron chi connectivity index (χ3n) is 5.09. The van der Waals surface area contributed by atoms with E-state index in [1.165, 1.54) is 18.2 Å². The average molecular weight is 483 g/mol. The first-order valence-electron chi connectivity index (χ1n) is 10.6. The maximum absolute atomic E-state index is 12.8. The summed E-state index contributed by atoms with van der Waals surface area (Å²) < 4.78 is 1.74. The molecule has 3 rings (SSSR count). The van der Waals surface area contributed by atoms with Crippen LogP contribution >= 0.6 is 11.8 Å². The van der Waals surface area contributed by atoms with E-state index in [1.807, 2.05) is 39.0 Å². The van der Waals surface area contributed by atoms with Gasteiger partial charge in [-0.05, 0) is 31.0 Å². The molecule has 1 atom stereocenters. The molecule has 2 N–H and O–H groups in total. The Morgan fingerprint density at radius 2 is 1.88 bits per heavy atom. The van der Waals surface area contributed by atoms with Gasteiger partial charge in [0, 0.05) is 18.7 Å². The Bertz CT molecular complexity index is 1210.